The number of aryl methyl sites for hydroxylation is 1. The van der Waals surface area contributed by atoms with Crippen molar-refractivity contribution in [2.24, 2.45) is 0 Å². The lowest BCUT2D eigenvalue weighted by Gasteiger charge is -2.06. The van der Waals surface area contributed by atoms with Crippen LogP contribution in [-0.4, -0.2) is 9.97 Å². The third-order valence-electron chi connectivity index (χ3n) is 2.41. The topological polar surface area (TPSA) is 75.6 Å². The van der Waals surface area contributed by atoms with Gasteiger partial charge in [-0.25, -0.2) is 14.4 Å². The second-order valence-corrected chi connectivity index (χ2v) is 4.04. The molecule has 0 spiro atoms. The molecule has 0 atom stereocenters. The summed E-state index contributed by atoms with van der Waals surface area (Å²) in [5.41, 5.74) is 6.91. The van der Waals surface area contributed by atoms with Crippen molar-refractivity contribution in [2.45, 2.75) is 6.92 Å². The van der Waals surface area contributed by atoms with Crippen molar-refractivity contribution in [1.29, 1.82) is 5.26 Å². The molecule has 1 aromatic carbocycles. The second kappa shape index (κ2) is 4.59. The van der Waals surface area contributed by atoms with Gasteiger partial charge in [0.25, 0.3) is 0 Å². The van der Waals surface area contributed by atoms with Gasteiger partial charge in [0.1, 0.15) is 23.3 Å². The molecule has 0 fully saturated rings. The maximum absolute atomic E-state index is 13.1. The summed E-state index contributed by atoms with van der Waals surface area (Å²) in [4.78, 5) is 8.16. The molecule has 0 bridgehead atoms. The van der Waals surface area contributed by atoms with Gasteiger partial charge in [0.15, 0.2) is 5.82 Å². The Labute approximate surface area is 108 Å². The van der Waals surface area contributed by atoms with Crippen LogP contribution in [-0.2, 0) is 0 Å². The van der Waals surface area contributed by atoms with Crippen LogP contribution in [0.4, 0.5) is 10.2 Å². The van der Waals surface area contributed by atoms with Gasteiger partial charge >= 0.3 is 0 Å². The predicted molar refractivity (Wildman–Crippen MR) is 66.3 cm³/mol. The Morgan fingerprint density at radius 2 is 2.11 bits per heavy atom. The van der Waals surface area contributed by atoms with E-state index in [2.05, 4.69) is 9.97 Å². The van der Waals surface area contributed by atoms with E-state index in [4.69, 9.17) is 22.6 Å². The zero-order chi connectivity index (χ0) is 13.3. The molecule has 0 aliphatic heterocycles. The highest BCUT2D eigenvalue weighted by molar-refractivity contribution is 6.31. The highest BCUT2D eigenvalue weighted by Gasteiger charge is 2.11. The minimum absolute atomic E-state index is 0.0170. The van der Waals surface area contributed by atoms with E-state index in [0.29, 0.717) is 17.1 Å². The summed E-state index contributed by atoms with van der Waals surface area (Å²) in [5.74, 6) is -0.106. The molecule has 2 N–H and O–H groups in total. The third-order valence-corrected chi connectivity index (χ3v) is 2.70. The van der Waals surface area contributed by atoms with Gasteiger partial charge in [0.2, 0.25) is 0 Å². The van der Waals surface area contributed by atoms with Crippen molar-refractivity contribution in [3.05, 3.63) is 40.3 Å². The van der Waals surface area contributed by atoms with Crippen LogP contribution in [0.1, 0.15) is 11.3 Å². The molecule has 2 aromatic rings. The minimum Gasteiger partial charge on any atom is -0.382 e. The molecule has 6 heteroatoms. The molecule has 0 radical (unpaired) electrons. The fourth-order valence-corrected chi connectivity index (χ4v) is 1.68. The zero-order valence-electron chi connectivity index (χ0n) is 9.41. The quantitative estimate of drug-likeness (QED) is 0.857. The Kier molecular flexibility index (Phi) is 3.13. The van der Waals surface area contributed by atoms with E-state index in [1.165, 1.54) is 18.2 Å². The molecule has 18 heavy (non-hydrogen) atoms. The summed E-state index contributed by atoms with van der Waals surface area (Å²) in [7, 11) is 0. The first-order valence-corrected chi connectivity index (χ1v) is 5.40. The Morgan fingerprint density at radius 1 is 1.39 bits per heavy atom. The van der Waals surface area contributed by atoms with Crippen LogP contribution in [0.2, 0.25) is 5.02 Å². The fraction of sp³-hybridized carbons (Fsp3) is 0.0833. The molecule has 0 amide bonds. The monoisotopic (exact) mass is 262 g/mol. The smallest absolute Gasteiger partial charge is 0.161 e. The lowest BCUT2D eigenvalue weighted by molar-refractivity contribution is 0.628. The minimum atomic E-state index is -0.515. The van der Waals surface area contributed by atoms with Crippen molar-refractivity contribution in [2.75, 3.05) is 5.73 Å². The predicted octanol–water partition coefficient (Wildman–Crippen LogP) is 2.70. The lowest BCUT2D eigenvalue weighted by atomic mass is 10.2. The van der Waals surface area contributed by atoms with Gasteiger partial charge in [-0.05, 0) is 25.1 Å². The zero-order valence-corrected chi connectivity index (χ0v) is 10.2. The van der Waals surface area contributed by atoms with Gasteiger partial charge in [-0.3, -0.25) is 0 Å². The van der Waals surface area contributed by atoms with Crippen LogP contribution in [0.3, 0.4) is 0 Å². The molecule has 0 saturated heterocycles. The standard InChI is InChI=1S/C12H8ClFN4/c1-6-8(5-15)11(16)18-12(17-6)7-2-3-10(14)9(13)4-7/h2-4H,1H3,(H2,16,17,18). The molecule has 4 nitrogen and oxygen atoms in total. The molecule has 1 heterocycles. The van der Waals surface area contributed by atoms with E-state index in [0.717, 1.165) is 0 Å². The normalized spacial score (nSPS) is 10.1. The summed E-state index contributed by atoms with van der Waals surface area (Å²) in [6.07, 6.45) is 0. The highest BCUT2D eigenvalue weighted by Crippen LogP contribution is 2.24. The van der Waals surface area contributed by atoms with E-state index in [9.17, 15) is 4.39 Å². The van der Waals surface area contributed by atoms with Crippen LogP contribution in [0.15, 0.2) is 18.2 Å². The summed E-state index contributed by atoms with van der Waals surface area (Å²) >= 11 is 5.69. The summed E-state index contributed by atoms with van der Waals surface area (Å²) in [6, 6.07) is 6.07. The lowest BCUT2D eigenvalue weighted by Crippen LogP contribution is -2.02. The summed E-state index contributed by atoms with van der Waals surface area (Å²) in [6.45, 7) is 1.66. The number of rotatable bonds is 1. The van der Waals surface area contributed by atoms with Crippen molar-refractivity contribution < 1.29 is 4.39 Å². The molecule has 0 aliphatic rings. The van der Waals surface area contributed by atoms with Gasteiger partial charge in [0.05, 0.1) is 10.7 Å². The van der Waals surface area contributed by atoms with E-state index in [-0.39, 0.29) is 16.4 Å². The summed E-state index contributed by atoms with van der Waals surface area (Å²) in [5, 5.41) is 8.84. The second-order valence-electron chi connectivity index (χ2n) is 3.63. The third kappa shape index (κ3) is 2.11. The van der Waals surface area contributed by atoms with Crippen LogP contribution < -0.4 is 5.73 Å². The Balaban J connectivity index is 2.59. The number of nitrogen functional groups attached to an aromatic ring is 1. The molecule has 1 aromatic heterocycles. The number of nitrogens with two attached hydrogens (primary N) is 1. The van der Waals surface area contributed by atoms with E-state index in [1.54, 1.807) is 6.92 Å². The molecule has 0 aliphatic carbocycles. The molecular weight excluding hydrogens is 255 g/mol. The van der Waals surface area contributed by atoms with E-state index < -0.39 is 5.82 Å². The number of nitrogens with zero attached hydrogens (tertiary/aromatic N) is 3. The SMILES string of the molecule is Cc1nc(-c2ccc(F)c(Cl)c2)nc(N)c1C#N. The average molecular weight is 263 g/mol. The highest BCUT2D eigenvalue weighted by atomic mass is 35.5. The van der Waals surface area contributed by atoms with Crippen LogP contribution in [0.5, 0.6) is 0 Å². The van der Waals surface area contributed by atoms with Crippen LogP contribution in [0, 0.1) is 24.1 Å². The maximum Gasteiger partial charge on any atom is 0.161 e. The molecule has 0 unspecified atom stereocenters. The van der Waals surface area contributed by atoms with Gasteiger partial charge in [0, 0.05) is 5.56 Å². The number of hydrogen-bond donors (Lipinski definition) is 1. The Hall–Kier alpha value is -2.19. The van der Waals surface area contributed by atoms with Gasteiger partial charge < -0.3 is 5.73 Å². The van der Waals surface area contributed by atoms with Gasteiger partial charge in [-0.1, -0.05) is 11.6 Å². The Bertz CT molecular complexity index is 641. The number of halogens is 2. The number of hydrogen-bond acceptors (Lipinski definition) is 4. The maximum atomic E-state index is 13.1. The molecule has 90 valence electrons. The Morgan fingerprint density at radius 3 is 2.67 bits per heavy atom. The molecule has 0 saturated carbocycles. The molecule has 2 rings (SSSR count). The van der Waals surface area contributed by atoms with E-state index >= 15 is 0 Å². The number of anilines is 1. The number of aromatic nitrogens is 2. The average Bonchev–Trinajstić information content (AvgIpc) is 2.32. The van der Waals surface area contributed by atoms with Crippen molar-refractivity contribution >= 4 is 17.4 Å². The first kappa shape index (κ1) is 12.3. The fourth-order valence-electron chi connectivity index (χ4n) is 1.50. The van der Waals surface area contributed by atoms with Gasteiger partial charge in [-0.15, -0.1) is 0 Å². The van der Waals surface area contributed by atoms with Crippen molar-refractivity contribution in [3.63, 3.8) is 0 Å². The summed E-state index contributed by atoms with van der Waals surface area (Å²) < 4.78 is 13.1. The largest absolute Gasteiger partial charge is 0.382 e. The van der Waals surface area contributed by atoms with E-state index in [1.807, 2.05) is 6.07 Å². The first-order valence-electron chi connectivity index (χ1n) is 5.02. The first-order chi connectivity index (χ1) is 8.52. The number of nitriles is 1. The van der Waals surface area contributed by atoms with Crippen LogP contribution >= 0.6 is 11.6 Å². The van der Waals surface area contributed by atoms with Crippen molar-refractivity contribution in [3.8, 4) is 17.5 Å². The van der Waals surface area contributed by atoms with Gasteiger partial charge in [-0.2, -0.15) is 5.26 Å². The number of benzene rings is 1. The molecular formula is C12H8ClFN4. The van der Waals surface area contributed by atoms with Crippen LogP contribution in [0.25, 0.3) is 11.4 Å². The van der Waals surface area contributed by atoms with Crippen molar-refractivity contribution in [1.82, 2.24) is 9.97 Å².